The first-order valence-corrected chi connectivity index (χ1v) is 9.22. The van der Waals surface area contributed by atoms with E-state index >= 15 is 0 Å². The summed E-state index contributed by atoms with van der Waals surface area (Å²) < 4.78 is 0. The van der Waals surface area contributed by atoms with Gasteiger partial charge in [0.2, 0.25) is 5.91 Å². The van der Waals surface area contributed by atoms with Crippen LogP contribution in [0.3, 0.4) is 0 Å². The molecule has 0 aromatic heterocycles. The lowest BCUT2D eigenvalue weighted by Gasteiger charge is -2.11. The first-order chi connectivity index (χ1) is 13.4. The second-order valence-electron chi connectivity index (χ2n) is 6.55. The van der Waals surface area contributed by atoms with Crippen LogP contribution in [0.5, 0.6) is 0 Å². The summed E-state index contributed by atoms with van der Waals surface area (Å²) in [6.45, 7) is 6.20. The van der Waals surface area contributed by atoms with Crippen LogP contribution in [0.15, 0.2) is 48.5 Å². The second kappa shape index (κ2) is 10.1. The molecule has 2 aromatic carbocycles. The summed E-state index contributed by atoms with van der Waals surface area (Å²) in [5.74, 6) is -0.608. The minimum absolute atomic E-state index is 0.0284. The van der Waals surface area contributed by atoms with Crippen LogP contribution in [0.1, 0.15) is 41.5 Å². The van der Waals surface area contributed by atoms with E-state index in [4.69, 9.17) is 0 Å². The number of amides is 3. The zero-order valence-corrected chi connectivity index (χ0v) is 16.3. The van der Waals surface area contributed by atoms with E-state index in [0.29, 0.717) is 29.0 Å². The van der Waals surface area contributed by atoms with E-state index in [0.717, 1.165) is 0 Å². The zero-order chi connectivity index (χ0) is 20.5. The molecule has 0 saturated heterocycles. The van der Waals surface area contributed by atoms with Crippen molar-refractivity contribution < 1.29 is 14.4 Å². The number of hydrogen-bond acceptors (Lipinski definition) is 4. The Labute approximate surface area is 164 Å². The van der Waals surface area contributed by atoms with Gasteiger partial charge < -0.3 is 21.3 Å². The third-order valence-corrected chi connectivity index (χ3v) is 3.74. The van der Waals surface area contributed by atoms with Crippen LogP contribution in [-0.4, -0.2) is 36.9 Å². The fourth-order valence-corrected chi connectivity index (χ4v) is 2.50. The lowest BCUT2D eigenvalue weighted by Crippen LogP contribution is -2.30. The topological polar surface area (TPSA) is 99.3 Å². The molecule has 0 atom stereocenters. The zero-order valence-electron chi connectivity index (χ0n) is 16.3. The van der Waals surface area contributed by atoms with Gasteiger partial charge >= 0.3 is 0 Å². The summed E-state index contributed by atoms with van der Waals surface area (Å²) >= 11 is 0. The molecular formula is C21H26N4O3. The Morgan fingerprint density at radius 1 is 0.893 bits per heavy atom. The van der Waals surface area contributed by atoms with Crippen molar-refractivity contribution in [2.24, 2.45) is 0 Å². The summed E-state index contributed by atoms with van der Waals surface area (Å²) in [5.41, 5.74) is 2.22. The number of rotatable bonds is 8. The van der Waals surface area contributed by atoms with E-state index in [1.807, 2.05) is 20.8 Å². The molecular weight excluding hydrogens is 356 g/mol. The molecule has 0 heterocycles. The fraction of sp³-hybridized carbons (Fsp3) is 0.286. The molecule has 0 unspecified atom stereocenters. The van der Waals surface area contributed by atoms with Crippen molar-refractivity contribution in [2.75, 3.05) is 23.7 Å². The van der Waals surface area contributed by atoms with E-state index < -0.39 is 0 Å². The quantitative estimate of drug-likeness (QED) is 0.564. The second-order valence-corrected chi connectivity index (χ2v) is 6.55. The van der Waals surface area contributed by atoms with Crippen LogP contribution in [-0.2, 0) is 4.79 Å². The molecule has 28 heavy (non-hydrogen) atoms. The molecule has 3 amide bonds. The van der Waals surface area contributed by atoms with Crippen LogP contribution in [0.4, 0.5) is 11.4 Å². The number of anilines is 2. The normalized spacial score (nSPS) is 10.3. The number of nitrogens with one attached hydrogen (secondary N) is 4. The predicted molar refractivity (Wildman–Crippen MR) is 111 cm³/mol. The Morgan fingerprint density at radius 3 is 2.14 bits per heavy atom. The van der Waals surface area contributed by atoms with Gasteiger partial charge in [0, 0.05) is 35.1 Å². The summed E-state index contributed by atoms with van der Waals surface area (Å²) in [4.78, 5) is 36.2. The average Bonchev–Trinajstić information content (AvgIpc) is 2.66. The van der Waals surface area contributed by atoms with Gasteiger partial charge in [-0.15, -0.1) is 0 Å². The van der Waals surface area contributed by atoms with Crippen molar-refractivity contribution in [1.29, 1.82) is 0 Å². The van der Waals surface area contributed by atoms with Crippen LogP contribution in [0, 0.1) is 0 Å². The number of benzene rings is 2. The average molecular weight is 382 g/mol. The van der Waals surface area contributed by atoms with E-state index in [2.05, 4.69) is 21.3 Å². The minimum Gasteiger partial charge on any atom is -0.376 e. The summed E-state index contributed by atoms with van der Waals surface area (Å²) in [5, 5.41) is 11.3. The summed E-state index contributed by atoms with van der Waals surface area (Å²) in [6.07, 6.45) is 0. The minimum atomic E-state index is -0.259. The van der Waals surface area contributed by atoms with Crippen molar-refractivity contribution in [3.63, 3.8) is 0 Å². The third kappa shape index (κ3) is 6.42. The molecule has 0 aliphatic heterocycles. The molecule has 2 rings (SSSR count). The molecule has 7 heteroatoms. The highest BCUT2D eigenvalue weighted by Gasteiger charge is 2.09. The fourth-order valence-electron chi connectivity index (χ4n) is 2.50. The van der Waals surface area contributed by atoms with Gasteiger partial charge in [-0.1, -0.05) is 12.1 Å². The first-order valence-electron chi connectivity index (χ1n) is 9.22. The van der Waals surface area contributed by atoms with Crippen LogP contribution in [0.25, 0.3) is 0 Å². The predicted octanol–water partition coefficient (Wildman–Crippen LogP) is 2.63. The van der Waals surface area contributed by atoms with E-state index in [1.54, 1.807) is 48.5 Å². The molecule has 7 nitrogen and oxygen atoms in total. The molecule has 0 radical (unpaired) electrons. The monoisotopic (exact) mass is 382 g/mol. The highest BCUT2D eigenvalue weighted by molar-refractivity contribution is 5.98. The van der Waals surface area contributed by atoms with Gasteiger partial charge in [0.05, 0.1) is 6.54 Å². The van der Waals surface area contributed by atoms with E-state index in [1.165, 1.54) is 0 Å². The highest BCUT2D eigenvalue weighted by atomic mass is 16.2. The Balaban J connectivity index is 1.93. The summed E-state index contributed by atoms with van der Waals surface area (Å²) in [6, 6.07) is 13.7. The number of carbonyl (C=O) groups excluding carboxylic acids is 3. The molecule has 148 valence electrons. The van der Waals surface area contributed by atoms with Crippen LogP contribution in [0.2, 0.25) is 0 Å². The van der Waals surface area contributed by atoms with Gasteiger partial charge in [0.25, 0.3) is 11.8 Å². The third-order valence-electron chi connectivity index (χ3n) is 3.74. The largest absolute Gasteiger partial charge is 0.376 e. The van der Waals surface area contributed by atoms with Gasteiger partial charge in [-0.25, -0.2) is 0 Å². The standard InChI is InChI=1S/C21H26N4O3/c1-4-22-20(27)15-7-6-10-18(12-15)25-19(26)13-23-17-9-5-8-16(11-17)21(28)24-14(2)3/h5-12,14,23H,4,13H2,1-3H3,(H,22,27)(H,24,28)(H,25,26). The van der Waals surface area contributed by atoms with Crippen LogP contribution < -0.4 is 21.3 Å². The lowest BCUT2D eigenvalue weighted by atomic mass is 10.1. The van der Waals surface area contributed by atoms with Gasteiger partial charge in [-0.3, -0.25) is 14.4 Å². The Bertz CT molecular complexity index is 849. The van der Waals surface area contributed by atoms with Crippen molar-refractivity contribution in [3.8, 4) is 0 Å². The SMILES string of the molecule is CCNC(=O)c1cccc(NC(=O)CNc2cccc(C(=O)NC(C)C)c2)c1. The maximum atomic E-state index is 12.2. The maximum Gasteiger partial charge on any atom is 0.251 e. The Morgan fingerprint density at radius 2 is 1.50 bits per heavy atom. The van der Waals surface area contributed by atoms with Crippen LogP contribution >= 0.6 is 0 Å². The maximum absolute atomic E-state index is 12.2. The van der Waals surface area contributed by atoms with Gasteiger partial charge in [-0.05, 0) is 57.2 Å². The molecule has 0 spiro atoms. The Hall–Kier alpha value is -3.35. The van der Waals surface area contributed by atoms with E-state index in [9.17, 15) is 14.4 Å². The van der Waals surface area contributed by atoms with E-state index in [-0.39, 0.29) is 30.3 Å². The molecule has 0 aliphatic carbocycles. The van der Waals surface area contributed by atoms with Crippen molar-refractivity contribution in [2.45, 2.75) is 26.8 Å². The van der Waals surface area contributed by atoms with Gasteiger partial charge in [0.1, 0.15) is 0 Å². The molecule has 0 fully saturated rings. The molecule has 0 saturated carbocycles. The number of hydrogen-bond donors (Lipinski definition) is 4. The highest BCUT2D eigenvalue weighted by Crippen LogP contribution is 2.12. The summed E-state index contributed by atoms with van der Waals surface area (Å²) in [7, 11) is 0. The molecule has 4 N–H and O–H groups in total. The molecule has 0 bridgehead atoms. The van der Waals surface area contributed by atoms with Gasteiger partial charge in [-0.2, -0.15) is 0 Å². The van der Waals surface area contributed by atoms with Gasteiger partial charge in [0.15, 0.2) is 0 Å². The molecule has 2 aromatic rings. The Kier molecular flexibility index (Phi) is 7.56. The van der Waals surface area contributed by atoms with Crippen molar-refractivity contribution in [3.05, 3.63) is 59.7 Å². The smallest absolute Gasteiger partial charge is 0.251 e. The first kappa shape index (κ1) is 21.0. The van der Waals surface area contributed by atoms with Crippen molar-refractivity contribution >= 4 is 29.1 Å². The van der Waals surface area contributed by atoms with Crippen molar-refractivity contribution in [1.82, 2.24) is 10.6 Å². The molecule has 0 aliphatic rings. The lowest BCUT2D eigenvalue weighted by molar-refractivity contribution is -0.114. The number of carbonyl (C=O) groups is 3.